The summed E-state index contributed by atoms with van der Waals surface area (Å²) < 4.78 is 0. The summed E-state index contributed by atoms with van der Waals surface area (Å²) in [6, 6.07) is 56.9. The van der Waals surface area contributed by atoms with E-state index in [-0.39, 0.29) is 0 Å². The highest BCUT2D eigenvalue weighted by Gasteiger charge is 2.18. The van der Waals surface area contributed by atoms with Crippen molar-refractivity contribution < 1.29 is 0 Å². The highest BCUT2D eigenvalue weighted by molar-refractivity contribution is 5.98. The van der Waals surface area contributed by atoms with Gasteiger partial charge in [-0.3, -0.25) is 0 Å². The predicted octanol–water partition coefficient (Wildman–Crippen LogP) is 13.9. The summed E-state index contributed by atoms with van der Waals surface area (Å²) in [6.45, 7) is 0. The van der Waals surface area contributed by atoms with Crippen LogP contribution in [-0.2, 0) is 0 Å². The average Bonchev–Trinajstić information content (AvgIpc) is 3.27. The molecule has 1 aromatic heterocycles. The molecule has 0 radical (unpaired) electrons. The van der Waals surface area contributed by atoms with Gasteiger partial charge < -0.3 is 0 Å². The normalized spacial score (nSPS) is 13.7. The zero-order valence-corrected chi connectivity index (χ0v) is 30.2. The van der Waals surface area contributed by atoms with E-state index in [2.05, 4.69) is 194 Å². The molecule has 0 spiro atoms. The Morgan fingerprint density at radius 3 is 1.48 bits per heavy atom. The van der Waals surface area contributed by atoms with Crippen LogP contribution in [0.2, 0.25) is 0 Å². The van der Waals surface area contributed by atoms with Gasteiger partial charge in [0.25, 0.3) is 0 Å². The second-order valence-corrected chi connectivity index (χ2v) is 13.9. The quantitative estimate of drug-likeness (QED) is 0.158. The maximum absolute atomic E-state index is 5.19. The number of aromatic nitrogens is 2. The predicted molar refractivity (Wildman–Crippen MR) is 227 cm³/mol. The Kier molecular flexibility index (Phi) is 9.32. The number of hydrogen-bond acceptors (Lipinski definition) is 2. The maximum atomic E-state index is 5.19. The molecule has 1 heterocycles. The van der Waals surface area contributed by atoms with Crippen LogP contribution in [0.25, 0.3) is 78.0 Å². The molecule has 0 fully saturated rings. The highest BCUT2D eigenvalue weighted by atomic mass is 14.9. The van der Waals surface area contributed by atoms with Crippen LogP contribution in [0, 0.1) is 0 Å². The van der Waals surface area contributed by atoms with Crippen LogP contribution in [0.3, 0.4) is 0 Å². The van der Waals surface area contributed by atoms with Crippen molar-refractivity contribution in [3.8, 4) is 66.9 Å². The Bertz CT molecular complexity index is 2600. The lowest BCUT2D eigenvalue weighted by Crippen LogP contribution is -2.02. The van der Waals surface area contributed by atoms with Crippen LogP contribution >= 0.6 is 0 Å². The molecule has 2 heteroatoms. The number of hydrogen-bond donors (Lipinski definition) is 0. The molecule has 2 nitrogen and oxygen atoms in total. The molecule has 0 unspecified atom stereocenters. The van der Waals surface area contributed by atoms with Crippen molar-refractivity contribution in [1.82, 2.24) is 9.97 Å². The van der Waals surface area contributed by atoms with Gasteiger partial charge in [-0.25, -0.2) is 9.97 Å². The number of nitrogens with zero attached hydrogens (tertiary/aromatic N) is 2. The van der Waals surface area contributed by atoms with Gasteiger partial charge in [-0.2, -0.15) is 0 Å². The molecule has 0 amide bonds. The third kappa shape index (κ3) is 6.71. The van der Waals surface area contributed by atoms with E-state index in [1.165, 1.54) is 61.2 Å². The Morgan fingerprint density at radius 1 is 0.389 bits per heavy atom. The first-order valence-corrected chi connectivity index (χ1v) is 19.0. The van der Waals surface area contributed by atoms with Gasteiger partial charge >= 0.3 is 0 Å². The molecule has 7 aromatic rings. The molecular weight excluding hydrogens is 653 g/mol. The van der Waals surface area contributed by atoms with E-state index in [9.17, 15) is 0 Å². The summed E-state index contributed by atoms with van der Waals surface area (Å²) in [5, 5.41) is 0. The third-order valence-corrected chi connectivity index (χ3v) is 10.5. The lowest BCUT2D eigenvalue weighted by atomic mass is 9.85. The minimum absolute atomic E-state index is 0.818. The smallest absolute Gasteiger partial charge is 0.156 e. The molecule has 0 saturated heterocycles. The number of benzene rings is 6. The number of allylic oxidation sites excluding steroid dienone is 8. The SMILES string of the molecule is C1=CCCC(c2nc(C3=CCCC=C3)cc(-c3cccc(-c4ccccc4-c4ccccc4-c4ccccc4-c4ccccc4-c4ccccc4)c3)n2)=C1. The van der Waals surface area contributed by atoms with Gasteiger partial charge in [-0.05, 0) is 105 Å². The highest BCUT2D eigenvalue weighted by Crippen LogP contribution is 2.44. The standard InChI is InChI=1S/C52H40N2/c1-4-19-37(20-5-1)42-27-10-12-29-44(42)46-31-14-16-33-48(46)49-34-17-15-32-47(49)45-30-13-11-28-43(45)40-25-18-26-41(35-40)51-36-50(38-21-6-2-7-22-38)53-52(54-51)39-23-8-3-9-24-39/h1,3-6,8,10-23,25-36H,2,7,9,24H2. The Balaban J connectivity index is 1.15. The summed E-state index contributed by atoms with van der Waals surface area (Å²) in [5.41, 5.74) is 17.4. The fraction of sp³-hybridized carbons (Fsp3) is 0.0769. The van der Waals surface area contributed by atoms with Crippen LogP contribution < -0.4 is 0 Å². The zero-order chi connectivity index (χ0) is 36.1. The molecule has 0 bridgehead atoms. The summed E-state index contributed by atoms with van der Waals surface area (Å²) >= 11 is 0. The van der Waals surface area contributed by atoms with Gasteiger partial charge in [0.15, 0.2) is 5.82 Å². The first kappa shape index (κ1) is 33.2. The van der Waals surface area contributed by atoms with Crippen LogP contribution in [0.15, 0.2) is 194 Å². The summed E-state index contributed by atoms with van der Waals surface area (Å²) in [7, 11) is 0. The van der Waals surface area contributed by atoms with Crippen molar-refractivity contribution in [2.75, 3.05) is 0 Å². The zero-order valence-electron chi connectivity index (χ0n) is 30.2. The maximum Gasteiger partial charge on any atom is 0.156 e. The molecule has 54 heavy (non-hydrogen) atoms. The summed E-state index contributed by atoms with van der Waals surface area (Å²) in [5.74, 6) is 0.818. The van der Waals surface area contributed by atoms with Crippen molar-refractivity contribution in [1.29, 1.82) is 0 Å². The van der Waals surface area contributed by atoms with Crippen molar-refractivity contribution in [2.45, 2.75) is 25.7 Å². The second kappa shape index (κ2) is 15.1. The van der Waals surface area contributed by atoms with E-state index in [4.69, 9.17) is 9.97 Å². The molecule has 0 N–H and O–H groups in total. The van der Waals surface area contributed by atoms with Crippen LogP contribution in [0.4, 0.5) is 0 Å². The average molecular weight is 693 g/mol. The van der Waals surface area contributed by atoms with Crippen LogP contribution in [-0.4, -0.2) is 9.97 Å². The van der Waals surface area contributed by atoms with Gasteiger partial charge in [-0.15, -0.1) is 0 Å². The number of rotatable bonds is 8. The van der Waals surface area contributed by atoms with Gasteiger partial charge in [0.05, 0.1) is 11.4 Å². The second-order valence-electron chi connectivity index (χ2n) is 13.9. The van der Waals surface area contributed by atoms with Crippen LogP contribution in [0.1, 0.15) is 37.2 Å². The topological polar surface area (TPSA) is 25.8 Å². The molecule has 9 rings (SSSR count). The first-order valence-electron chi connectivity index (χ1n) is 19.0. The first-order chi connectivity index (χ1) is 26.8. The van der Waals surface area contributed by atoms with Gasteiger partial charge in [0.2, 0.25) is 0 Å². The van der Waals surface area contributed by atoms with Crippen molar-refractivity contribution in [3.63, 3.8) is 0 Å². The van der Waals surface area contributed by atoms with Crippen molar-refractivity contribution in [2.24, 2.45) is 0 Å². The Morgan fingerprint density at radius 2 is 0.907 bits per heavy atom. The fourth-order valence-corrected chi connectivity index (χ4v) is 7.79. The molecule has 6 aromatic carbocycles. The monoisotopic (exact) mass is 692 g/mol. The lowest BCUT2D eigenvalue weighted by molar-refractivity contribution is 0.995. The summed E-state index contributed by atoms with van der Waals surface area (Å²) in [4.78, 5) is 10.3. The Labute approximate surface area is 318 Å². The minimum atomic E-state index is 0.818. The van der Waals surface area contributed by atoms with Crippen LogP contribution in [0.5, 0.6) is 0 Å². The molecule has 2 aliphatic carbocycles. The fourth-order valence-electron chi connectivity index (χ4n) is 7.79. The van der Waals surface area contributed by atoms with E-state index in [1.54, 1.807) is 0 Å². The molecule has 0 atom stereocenters. The van der Waals surface area contributed by atoms with Crippen molar-refractivity contribution >= 4 is 11.1 Å². The Hall–Kier alpha value is -6.64. The molecule has 2 aliphatic rings. The van der Waals surface area contributed by atoms with E-state index < -0.39 is 0 Å². The van der Waals surface area contributed by atoms with E-state index >= 15 is 0 Å². The molecular formula is C52H40N2. The third-order valence-electron chi connectivity index (χ3n) is 10.5. The minimum Gasteiger partial charge on any atom is -0.228 e. The largest absolute Gasteiger partial charge is 0.228 e. The van der Waals surface area contributed by atoms with Crippen molar-refractivity contribution in [3.05, 3.63) is 206 Å². The molecule has 0 aliphatic heterocycles. The van der Waals surface area contributed by atoms with E-state index in [0.717, 1.165) is 54.0 Å². The molecule has 0 saturated carbocycles. The van der Waals surface area contributed by atoms with E-state index in [0.29, 0.717) is 0 Å². The molecule has 258 valence electrons. The van der Waals surface area contributed by atoms with Gasteiger partial charge in [-0.1, -0.05) is 182 Å². The summed E-state index contributed by atoms with van der Waals surface area (Å²) in [6.07, 6.45) is 17.3. The van der Waals surface area contributed by atoms with E-state index in [1.807, 2.05) is 0 Å². The van der Waals surface area contributed by atoms with Gasteiger partial charge in [0, 0.05) is 5.56 Å². The lowest BCUT2D eigenvalue weighted by Gasteiger charge is -2.19. The van der Waals surface area contributed by atoms with Gasteiger partial charge in [0.1, 0.15) is 0 Å².